The van der Waals surface area contributed by atoms with Crippen molar-refractivity contribution < 1.29 is 4.79 Å². The normalized spacial score (nSPS) is 11.0. The van der Waals surface area contributed by atoms with Gasteiger partial charge >= 0.3 is 0 Å². The smallest absolute Gasteiger partial charge is 0.238 e. The van der Waals surface area contributed by atoms with Gasteiger partial charge in [-0.2, -0.15) is 0 Å². The van der Waals surface area contributed by atoms with E-state index in [0.29, 0.717) is 23.9 Å². The number of carbonyl (C=O) groups excluding carboxylic acids is 1. The summed E-state index contributed by atoms with van der Waals surface area (Å²) in [5.41, 5.74) is 8.34. The highest BCUT2D eigenvalue weighted by Gasteiger charge is 2.09. The van der Waals surface area contributed by atoms with E-state index in [4.69, 9.17) is 5.73 Å². The molecule has 0 aliphatic heterocycles. The number of fused-ring (bicyclic) bond motifs is 1. The van der Waals surface area contributed by atoms with Crippen LogP contribution in [0.2, 0.25) is 0 Å². The number of rotatable bonds is 4. The quantitative estimate of drug-likeness (QED) is 0.771. The molecular formula is C18H19N5O. The van der Waals surface area contributed by atoms with Crippen LogP contribution in [0.3, 0.4) is 0 Å². The van der Waals surface area contributed by atoms with Crippen LogP contribution in [0, 0.1) is 0 Å². The predicted octanol–water partition coefficient (Wildman–Crippen LogP) is 2.38. The summed E-state index contributed by atoms with van der Waals surface area (Å²) in [6.45, 7) is 0.323. The molecule has 0 aliphatic carbocycles. The van der Waals surface area contributed by atoms with Crippen LogP contribution in [-0.2, 0) is 4.79 Å². The third kappa shape index (κ3) is 3.49. The number of amides is 1. The molecule has 0 spiro atoms. The first kappa shape index (κ1) is 15.9. The first-order valence-corrected chi connectivity index (χ1v) is 7.60. The van der Waals surface area contributed by atoms with E-state index in [1.54, 1.807) is 0 Å². The molecule has 0 atom stereocenters. The van der Waals surface area contributed by atoms with Gasteiger partial charge in [0.1, 0.15) is 5.82 Å². The third-order valence-electron chi connectivity index (χ3n) is 3.50. The number of carbonyl (C=O) groups is 1. The van der Waals surface area contributed by atoms with Gasteiger partial charge in [0.25, 0.3) is 0 Å². The minimum atomic E-state index is -0.0731. The summed E-state index contributed by atoms with van der Waals surface area (Å²) in [4.78, 5) is 22.7. The first-order chi connectivity index (χ1) is 11.5. The molecule has 24 heavy (non-hydrogen) atoms. The maximum absolute atomic E-state index is 11.9. The molecule has 0 radical (unpaired) electrons. The Labute approximate surface area is 140 Å². The Balaban J connectivity index is 1.93. The maximum Gasteiger partial charge on any atom is 0.238 e. The lowest BCUT2D eigenvalue weighted by Crippen LogP contribution is -2.27. The molecule has 1 amide bonds. The summed E-state index contributed by atoms with van der Waals surface area (Å²) in [5.74, 6) is 0.906. The summed E-state index contributed by atoms with van der Waals surface area (Å²) in [7, 11) is 3.70. The van der Waals surface area contributed by atoms with Gasteiger partial charge < -0.3 is 16.0 Å². The SMILES string of the molecule is CN(C)CC(=O)Nc1cccc(-c2nc(N)c3ccccc3n2)c1. The van der Waals surface area contributed by atoms with Crippen molar-refractivity contribution in [3.05, 3.63) is 48.5 Å². The Morgan fingerprint density at radius 3 is 2.71 bits per heavy atom. The molecule has 2 aromatic carbocycles. The van der Waals surface area contributed by atoms with Crippen LogP contribution in [0.4, 0.5) is 11.5 Å². The standard InChI is InChI=1S/C18H19N5O/c1-23(2)11-16(24)20-13-7-5-6-12(10-13)18-21-15-9-4-3-8-14(15)17(19)22-18/h3-10H,11H2,1-2H3,(H,20,24)(H2,19,21,22). The van der Waals surface area contributed by atoms with Crippen molar-refractivity contribution in [1.82, 2.24) is 14.9 Å². The molecule has 0 fully saturated rings. The summed E-state index contributed by atoms with van der Waals surface area (Å²) >= 11 is 0. The zero-order valence-corrected chi connectivity index (χ0v) is 13.7. The number of aromatic nitrogens is 2. The average Bonchev–Trinajstić information content (AvgIpc) is 2.54. The number of anilines is 2. The van der Waals surface area contributed by atoms with E-state index in [1.165, 1.54) is 0 Å². The van der Waals surface area contributed by atoms with Gasteiger partial charge in [0.2, 0.25) is 5.91 Å². The van der Waals surface area contributed by atoms with E-state index in [9.17, 15) is 4.79 Å². The Morgan fingerprint density at radius 2 is 1.92 bits per heavy atom. The van der Waals surface area contributed by atoms with Crippen molar-refractivity contribution in [3.63, 3.8) is 0 Å². The molecule has 6 heteroatoms. The molecule has 3 N–H and O–H groups in total. The van der Waals surface area contributed by atoms with E-state index in [2.05, 4.69) is 15.3 Å². The number of nitrogens with one attached hydrogen (secondary N) is 1. The fourth-order valence-corrected chi connectivity index (χ4v) is 2.45. The molecule has 3 aromatic rings. The number of likely N-dealkylation sites (N-methyl/N-ethyl adjacent to an activating group) is 1. The number of hydrogen-bond donors (Lipinski definition) is 2. The number of nitrogens with zero attached hydrogens (tertiary/aromatic N) is 3. The van der Waals surface area contributed by atoms with Crippen LogP contribution < -0.4 is 11.1 Å². The van der Waals surface area contributed by atoms with Crippen molar-refractivity contribution in [3.8, 4) is 11.4 Å². The van der Waals surface area contributed by atoms with Gasteiger partial charge in [0.15, 0.2) is 5.82 Å². The minimum Gasteiger partial charge on any atom is -0.383 e. The number of hydrogen-bond acceptors (Lipinski definition) is 5. The van der Waals surface area contributed by atoms with Crippen molar-refractivity contribution in [1.29, 1.82) is 0 Å². The van der Waals surface area contributed by atoms with Crippen LogP contribution in [0.1, 0.15) is 0 Å². The third-order valence-corrected chi connectivity index (χ3v) is 3.50. The second-order valence-corrected chi connectivity index (χ2v) is 5.82. The zero-order chi connectivity index (χ0) is 17.1. The molecule has 1 aromatic heterocycles. The molecule has 0 unspecified atom stereocenters. The van der Waals surface area contributed by atoms with Crippen LogP contribution in [-0.4, -0.2) is 41.4 Å². The first-order valence-electron chi connectivity index (χ1n) is 7.60. The van der Waals surface area contributed by atoms with Crippen molar-refractivity contribution in [2.24, 2.45) is 0 Å². The van der Waals surface area contributed by atoms with E-state index in [1.807, 2.05) is 67.5 Å². The van der Waals surface area contributed by atoms with Crippen LogP contribution in [0.5, 0.6) is 0 Å². The fraction of sp³-hybridized carbons (Fsp3) is 0.167. The Hall–Kier alpha value is -2.99. The Bertz CT molecular complexity index is 891. The zero-order valence-electron chi connectivity index (χ0n) is 13.7. The molecule has 3 rings (SSSR count). The second-order valence-electron chi connectivity index (χ2n) is 5.82. The van der Waals surface area contributed by atoms with Crippen molar-refractivity contribution in [2.75, 3.05) is 31.7 Å². The molecule has 0 aliphatic rings. The highest BCUT2D eigenvalue weighted by atomic mass is 16.2. The van der Waals surface area contributed by atoms with Crippen LogP contribution in [0.15, 0.2) is 48.5 Å². The Morgan fingerprint density at radius 1 is 1.12 bits per heavy atom. The van der Waals surface area contributed by atoms with Crippen molar-refractivity contribution in [2.45, 2.75) is 0 Å². The molecule has 6 nitrogen and oxygen atoms in total. The van der Waals surface area contributed by atoms with Gasteiger partial charge in [-0.15, -0.1) is 0 Å². The van der Waals surface area contributed by atoms with Crippen LogP contribution >= 0.6 is 0 Å². The van der Waals surface area contributed by atoms with Gasteiger partial charge in [0, 0.05) is 16.6 Å². The number of benzene rings is 2. The lowest BCUT2D eigenvalue weighted by molar-refractivity contribution is -0.116. The number of nitrogens with two attached hydrogens (primary N) is 1. The average molecular weight is 321 g/mol. The van der Waals surface area contributed by atoms with Gasteiger partial charge in [-0.05, 0) is 38.4 Å². The second kappa shape index (κ2) is 6.64. The molecule has 0 saturated heterocycles. The molecule has 1 heterocycles. The summed E-state index contributed by atoms with van der Waals surface area (Å²) < 4.78 is 0. The number of nitrogen functional groups attached to an aromatic ring is 1. The van der Waals surface area contributed by atoms with Crippen molar-refractivity contribution >= 4 is 28.3 Å². The van der Waals surface area contributed by atoms with Gasteiger partial charge in [0.05, 0.1) is 12.1 Å². The van der Waals surface area contributed by atoms with Crippen LogP contribution in [0.25, 0.3) is 22.3 Å². The van der Waals surface area contributed by atoms with E-state index in [0.717, 1.165) is 16.5 Å². The van der Waals surface area contributed by atoms with Gasteiger partial charge in [-0.25, -0.2) is 9.97 Å². The minimum absolute atomic E-state index is 0.0731. The van der Waals surface area contributed by atoms with Gasteiger partial charge in [-0.3, -0.25) is 4.79 Å². The topological polar surface area (TPSA) is 84.1 Å². The maximum atomic E-state index is 11.9. The molecule has 0 saturated carbocycles. The van der Waals surface area contributed by atoms with E-state index < -0.39 is 0 Å². The highest BCUT2D eigenvalue weighted by molar-refractivity contribution is 5.93. The van der Waals surface area contributed by atoms with E-state index in [-0.39, 0.29) is 5.91 Å². The van der Waals surface area contributed by atoms with Gasteiger partial charge in [-0.1, -0.05) is 24.3 Å². The lowest BCUT2D eigenvalue weighted by atomic mass is 10.1. The summed E-state index contributed by atoms with van der Waals surface area (Å²) in [6.07, 6.45) is 0. The molecule has 0 bridgehead atoms. The fourth-order valence-electron chi connectivity index (χ4n) is 2.45. The lowest BCUT2D eigenvalue weighted by Gasteiger charge is -2.11. The summed E-state index contributed by atoms with van der Waals surface area (Å²) in [5, 5.41) is 3.70. The number of para-hydroxylation sites is 1. The monoisotopic (exact) mass is 321 g/mol. The molecular weight excluding hydrogens is 302 g/mol. The Kier molecular flexibility index (Phi) is 4.39. The summed E-state index contributed by atoms with van der Waals surface area (Å²) in [6, 6.07) is 15.0. The van der Waals surface area contributed by atoms with E-state index >= 15 is 0 Å². The highest BCUT2D eigenvalue weighted by Crippen LogP contribution is 2.24. The largest absolute Gasteiger partial charge is 0.383 e. The molecule has 122 valence electrons. The predicted molar refractivity (Wildman–Crippen MR) is 96.6 cm³/mol.